The largest absolute Gasteiger partial charge is 0.324 e. The molecule has 1 heterocycles. The summed E-state index contributed by atoms with van der Waals surface area (Å²) in [5.41, 5.74) is 0.583. The average Bonchev–Trinajstić information content (AvgIpc) is 2.14. The van der Waals surface area contributed by atoms with Crippen LogP contribution in [0.15, 0.2) is 27.5 Å². The molecule has 2 nitrogen and oxygen atoms in total. The number of fused-ring (bicyclic) bond motifs is 1. The van der Waals surface area contributed by atoms with Crippen molar-refractivity contribution in [2.24, 2.45) is 0 Å². The zero-order valence-electron chi connectivity index (χ0n) is 7.40. The van der Waals surface area contributed by atoms with Crippen LogP contribution in [-0.4, -0.2) is 4.98 Å². The molecule has 0 amide bonds. The summed E-state index contributed by atoms with van der Waals surface area (Å²) < 4.78 is 0.842. The van der Waals surface area contributed by atoms with E-state index < -0.39 is 0 Å². The van der Waals surface area contributed by atoms with Crippen LogP contribution < -0.4 is 5.56 Å². The first-order valence-electron chi connectivity index (χ1n) is 4.08. The van der Waals surface area contributed by atoms with E-state index in [1.165, 1.54) is 0 Å². The second-order valence-electron chi connectivity index (χ2n) is 3.06. The van der Waals surface area contributed by atoms with Gasteiger partial charge in [0.15, 0.2) is 0 Å². The van der Waals surface area contributed by atoms with Crippen molar-refractivity contribution in [2.75, 3.05) is 0 Å². The predicted molar refractivity (Wildman–Crippen MR) is 62.0 cm³/mol. The van der Waals surface area contributed by atoms with Crippen LogP contribution in [0.3, 0.4) is 0 Å². The lowest BCUT2D eigenvalue weighted by Crippen LogP contribution is -2.08. The molecule has 0 spiro atoms. The van der Waals surface area contributed by atoms with E-state index >= 15 is 0 Å². The average molecular weight is 273 g/mol. The Morgan fingerprint density at radius 1 is 1.43 bits per heavy atom. The van der Waals surface area contributed by atoms with Gasteiger partial charge < -0.3 is 4.98 Å². The number of aryl methyl sites for hydroxylation is 1. The highest BCUT2D eigenvalue weighted by Gasteiger charge is 2.08. The molecule has 0 fully saturated rings. The molecule has 0 unspecified atom stereocenters. The van der Waals surface area contributed by atoms with Gasteiger partial charge in [-0.2, -0.15) is 0 Å². The van der Waals surface area contributed by atoms with E-state index in [0.29, 0.717) is 16.1 Å². The van der Waals surface area contributed by atoms with Crippen LogP contribution in [-0.2, 0) is 0 Å². The number of hydrogen-bond donors (Lipinski definition) is 1. The standard InChI is InChI=1S/C10H7BrClNO/c1-5-9(12)8-6(10(14)13-5)3-2-4-7(8)11/h2-4H,1H3,(H,13,14). The topological polar surface area (TPSA) is 32.9 Å². The van der Waals surface area contributed by atoms with Crippen molar-refractivity contribution in [2.45, 2.75) is 6.92 Å². The monoisotopic (exact) mass is 271 g/mol. The van der Waals surface area contributed by atoms with Gasteiger partial charge in [0.2, 0.25) is 0 Å². The van der Waals surface area contributed by atoms with Crippen molar-refractivity contribution in [1.29, 1.82) is 0 Å². The van der Waals surface area contributed by atoms with E-state index in [-0.39, 0.29) is 5.56 Å². The van der Waals surface area contributed by atoms with E-state index in [2.05, 4.69) is 20.9 Å². The number of nitrogens with one attached hydrogen (secondary N) is 1. The SMILES string of the molecule is Cc1[nH]c(=O)c2cccc(Br)c2c1Cl. The van der Waals surface area contributed by atoms with Gasteiger partial charge in [-0.1, -0.05) is 33.6 Å². The highest BCUT2D eigenvalue weighted by molar-refractivity contribution is 9.10. The van der Waals surface area contributed by atoms with E-state index in [1.807, 2.05) is 12.1 Å². The minimum atomic E-state index is -0.108. The van der Waals surface area contributed by atoms with Gasteiger partial charge in [-0.15, -0.1) is 0 Å². The molecule has 0 radical (unpaired) electrons. The third-order valence-corrected chi connectivity index (χ3v) is 3.24. The quantitative estimate of drug-likeness (QED) is 0.784. The van der Waals surface area contributed by atoms with Crippen molar-refractivity contribution in [3.8, 4) is 0 Å². The maximum Gasteiger partial charge on any atom is 0.256 e. The van der Waals surface area contributed by atoms with Crippen molar-refractivity contribution < 1.29 is 0 Å². The Balaban J connectivity index is 3.11. The summed E-state index contributed by atoms with van der Waals surface area (Å²) in [7, 11) is 0. The lowest BCUT2D eigenvalue weighted by atomic mass is 10.1. The van der Waals surface area contributed by atoms with Gasteiger partial charge in [-0.05, 0) is 19.1 Å². The zero-order valence-corrected chi connectivity index (χ0v) is 9.74. The maximum absolute atomic E-state index is 11.6. The third kappa shape index (κ3) is 1.37. The molecule has 4 heteroatoms. The van der Waals surface area contributed by atoms with Gasteiger partial charge in [0, 0.05) is 20.9 Å². The van der Waals surface area contributed by atoms with Crippen LogP contribution in [0.25, 0.3) is 10.8 Å². The van der Waals surface area contributed by atoms with E-state index in [9.17, 15) is 4.79 Å². The molecule has 2 rings (SSSR count). The number of hydrogen-bond acceptors (Lipinski definition) is 1. The number of H-pyrrole nitrogens is 1. The van der Waals surface area contributed by atoms with Crippen LogP contribution in [0.2, 0.25) is 5.02 Å². The van der Waals surface area contributed by atoms with Crippen LogP contribution in [0.4, 0.5) is 0 Å². The summed E-state index contributed by atoms with van der Waals surface area (Å²) in [6, 6.07) is 5.44. The normalized spacial score (nSPS) is 10.8. The molecule has 14 heavy (non-hydrogen) atoms. The number of rotatable bonds is 0. The predicted octanol–water partition coefficient (Wildman–Crippen LogP) is 3.25. The smallest absolute Gasteiger partial charge is 0.256 e. The van der Waals surface area contributed by atoms with Gasteiger partial charge in [0.25, 0.3) is 5.56 Å². The second kappa shape index (κ2) is 3.41. The molecule has 0 aliphatic carbocycles. The lowest BCUT2D eigenvalue weighted by Gasteiger charge is -2.04. The molecule has 1 aromatic carbocycles. The Morgan fingerprint density at radius 2 is 2.14 bits per heavy atom. The minimum Gasteiger partial charge on any atom is -0.324 e. The number of benzene rings is 1. The Bertz CT molecular complexity index is 562. The van der Waals surface area contributed by atoms with Gasteiger partial charge in [0.05, 0.1) is 5.02 Å². The minimum absolute atomic E-state index is 0.108. The molecule has 0 aliphatic rings. The summed E-state index contributed by atoms with van der Waals surface area (Å²) in [5.74, 6) is 0. The van der Waals surface area contributed by atoms with Crippen LogP contribution in [0.1, 0.15) is 5.69 Å². The molecule has 0 saturated heterocycles. The summed E-state index contributed by atoms with van der Waals surface area (Å²) in [6.45, 7) is 1.78. The number of aromatic nitrogens is 1. The van der Waals surface area contributed by atoms with Crippen molar-refractivity contribution >= 4 is 38.3 Å². The van der Waals surface area contributed by atoms with E-state index in [0.717, 1.165) is 9.86 Å². The second-order valence-corrected chi connectivity index (χ2v) is 4.29. The van der Waals surface area contributed by atoms with Crippen molar-refractivity contribution in [3.63, 3.8) is 0 Å². The molecule has 0 bridgehead atoms. The Hall–Kier alpha value is -0.800. The lowest BCUT2D eigenvalue weighted by molar-refractivity contribution is 1.17. The molecule has 1 aromatic heterocycles. The first kappa shape index (κ1) is 9.74. The van der Waals surface area contributed by atoms with Crippen LogP contribution in [0, 0.1) is 6.92 Å². The summed E-state index contributed by atoms with van der Waals surface area (Å²) in [6.07, 6.45) is 0. The Kier molecular flexibility index (Phi) is 2.37. The fourth-order valence-corrected chi connectivity index (χ4v) is 2.35. The summed E-state index contributed by atoms with van der Waals surface area (Å²) >= 11 is 9.48. The fourth-order valence-electron chi connectivity index (χ4n) is 1.42. The molecule has 0 saturated carbocycles. The van der Waals surface area contributed by atoms with E-state index in [1.54, 1.807) is 13.0 Å². The fraction of sp³-hybridized carbons (Fsp3) is 0.100. The van der Waals surface area contributed by atoms with Crippen LogP contribution >= 0.6 is 27.5 Å². The van der Waals surface area contributed by atoms with Gasteiger partial charge in [-0.3, -0.25) is 4.79 Å². The summed E-state index contributed by atoms with van der Waals surface area (Å²) in [4.78, 5) is 14.3. The number of pyridine rings is 1. The zero-order chi connectivity index (χ0) is 10.3. The molecule has 1 N–H and O–H groups in total. The molecular formula is C10H7BrClNO. The molecule has 0 aliphatic heterocycles. The van der Waals surface area contributed by atoms with Gasteiger partial charge in [-0.25, -0.2) is 0 Å². The highest BCUT2D eigenvalue weighted by Crippen LogP contribution is 2.29. The molecular weight excluding hydrogens is 265 g/mol. The highest BCUT2D eigenvalue weighted by atomic mass is 79.9. The van der Waals surface area contributed by atoms with Crippen LogP contribution in [0.5, 0.6) is 0 Å². The molecule has 72 valence electrons. The maximum atomic E-state index is 11.6. The molecule has 0 atom stereocenters. The van der Waals surface area contributed by atoms with Gasteiger partial charge >= 0.3 is 0 Å². The van der Waals surface area contributed by atoms with Crippen molar-refractivity contribution in [1.82, 2.24) is 4.98 Å². The summed E-state index contributed by atoms with van der Waals surface area (Å²) in [5, 5.41) is 1.97. The number of halogens is 2. The molecule has 2 aromatic rings. The third-order valence-electron chi connectivity index (χ3n) is 2.11. The number of aromatic amines is 1. The van der Waals surface area contributed by atoms with Gasteiger partial charge in [0.1, 0.15) is 0 Å². The first-order valence-corrected chi connectivity index (χ1v) is 5.25. The van der Waals surface area contributed by atoms with E-state index in [4.69, 9.17) is 11.6 Å². The first-order chi connectivity index (χ1) is 6.61. The Labute approximate surface area is 94.0 Å². The Morgan fingerprint density at radius 3 is 2.86 bits per heavy atom. The van der Waals surface area contributed by atoms with Crippen molar-refractivity contribution in [3.05, 3.63) is 43.7 Å².